The van der Waals surface area contributed by atoms with E-state index >= 15 is 0 Å². The number of benzene rings is 4. The molecule has 0 fully saturated rings. The molecule has 4 aromatic carbocycles. The van der Waals surface area contributed by atoms with Crippen molar-refractivity contribution >= 4 is 22.7 Å². The van der Waals surface area contributed by atoms with Crippen LogP contribution in [0.4, 0.5) is 0 Å². The second-order valence-corrected chi connectivity index (χ2v) is 8.40. The molecule has 1 aliphatic rings. The lowest BCUT2D eigenvalue weighted by Crippen LogP contribution is -2.18. The van der Waals surface area contributed by atoms with Gasteiger partial charge in [-0.1, -0.05) is 118 Å². The van der Waals surface area contributed by atoms with Crippen molar-refractivity contribution in [3.63, 3.8) is 0 Å². The normalized spacial score (nSPS) is 11.8. The van der Waals surface area contributed by atoms with Crippen molar-refractivity contribution in [2.24, 2.45) is 0 Å². The molecule has 0 saturated carbocycles. The van der Waals surface area contributed by atoms with Crippen molar-refractivity contribution in [3.05, 3.63) is 126 Å². The second-order valence-electron chi connectivity index (χ2n) is 8.40. The molecule has 0 aliphatic carbocycles. The zero-order valence-electron chi connectivity index (χ0n) is 22.0. The van der Waals surface area contributed by atoms with Gasteiger partial charge in [-0.3, -0.25) is 0 Å². The van der Waals surface area contributed by atoms with Gasteiger partial charge < -0.3 is 9.88 Å². The van der Waals surface area contributed by atoms with E-state index in [1.165, 1.54) is 55.8 Å². The van der Waals surface area contributed by atoms with Gasteiger partial charge in [-0.15, -0.1) is 0 Å². The van der Waals surface area contributed by atoms with E-state index in [9.17, 15) is 0 Å². The maximum absolute atomic E-state index is 3.65. The topological polar surface area (TPSA) is 17.0 Å². The number of nitrogens with one attached hydrogen (secondary N) is 1. The van der Waals surface area contributed by atoms with Gasteiger partial charge in [-0.2, -0.15) is 0 Å². The lowest BCUT2D eigenvalue weighted by Gasteiger charge is -2.20. The van der Waals surface area contributed by atoms with Gasteiger partial charge in [0.05, 0.1) is 17.8 Å². The van der Waals surface area contributed by atoms with E-state index < -0.39 is 0 Å². The summed E-state index contributed by atoms with van der Waals surface area (Å²) in [6.07, 6.45) is 2.30. The number of rotatable bonds is 3. The molecule has 0 spiro atoms. The molecule has 36 heavy (non-hydrogen) atoms. The molecule has 1 N–H and O–H groups in total. The minimum Gasteiger partial charge on any atom is -0.379 e. The van der Waals surface area contributed by atoms with E-state index in [0.29, 0.717) is 0 Å². The fraction of sp³-hybridized carbons (Fsp3) is 0.176. The van der Waals surface area contributed by atoms with Gasteiger partial charge in [0.2, 0.25) is 0 Å². The third-order valence-electron chi connectivity index (χ3n) is 6.35. The lowest BCUT2D eigenvalue weighted by atomic mass is 10.0. The van der Waals surface area contributed by atoms with E-state index in [0.717, 1.165) is 6.54 Å². The third-order valence-corrected chi connectivity index (χ3v) is 6.35. The Bertz CT molecular complexity index is 1440. The van der Waals surface area contributed by atoms with E-state index in [4.69, 9.17) is 0 Å². The molecule has 1 aliphatic heterocycles. The van der Waals surface area contributed by atoms with Crippen molar-refractivity contribution in [1.29, 1.82) is 0 Å². The van der Waals surface area contributed by atoms with Crippen LogP contribution in [0.1, 0.15) is 50.1 Å². The minimum atomic E-state index is 0.796. The molecule has 182 valence electrons. The van der Waals surface area contributed by atoms with Gasteiger partial charge >= 0.3 is 0 Å². The highest BCUT2D eigenvalue weighted by Gasteiger charge is 2.21. The highest BCUT2D eigenvalue weighted by Crippen LogP contribution is 2.35. The summed E-state index contributed by atoms with van der Waals surface area (Å²) in [6, 6.07) is 36.9. The van der Waals surface area contributed by atoms with Crippen LogP contribution in [-0.4, -0.2) is 4.57 Å². The van der Waals surface area contributed by atoms with Crippen LogP contribution < -0.4 is 5.32 Å². The monoisotopic (exact) mass is 472 g/mol. The Hall–Kier alpha value is -4.04. The van der Waals surface area contributed by atoms with Gasteiger partial charge in [0, 0.05) is 22.3 Å². The Morgan fingerprint density at radius 3 is 1.86 bits per heavy atom. The number of nitrogens with zero attached hydrogens (tertiary/aromatic N) is 1. The number of hydrogen-bond donors (Lipinski definition) is 1. The molecule has 2 heteroatoms. The first-order valence-corrected chi connectivity index (χ1v) is 13.1. The molecule has 0 unspecified atom stereocenters. The fourth-order valence-electron chi connectivity index (χ4n) is 4.67. The average Bonchev–Trinajstić information content (AvgIpc) is 3.30. The third kappa shape index (κ3) is 4.85. The number of aryl methyl sites for hydroxylation is 1. The van der Waals surface area contributed by atoms with E-state index in [1.54, 1.807) is 0 Å². The van der Waals surface area contributed by atoms with E-state index in [1.807, 2.05) is 27.7 Å². The smallest absolute Gasteiger partial charge is 0.0563 e. The quantitative estimate of drug-likeness (QED) is 0.277. The van der Waals surface area contributed by atoms with Crippen LogP contribution in [0.5, 0.6) is 0 Å². The molecule has 0 bridgehead atoms. The largest absolute Gasteiger partial charge is 0.379 e. The number of para-hydroxylation sites is 1. The number of hydrogen-bond acceptors (Lipinski definition) is 1. The standard InChI is InChI=1S/C30H24N2.2C2H6/c1-21-11-13-22(14-12-21)23-15-17-25(18-16-23)32-29-10-6-5-9-26(29)27-19-28(31-20-30(27)32)24-7-3-2-4-8-24;2*1-2/h2-19,31H,20H2,1H3;2*1-2H3. The second kappa shape index (κ2) is 11.6. The Labute approximate surface area is 215 Å². The van der Waals surface area contributed by atoms with Crippen molar-refractivity contribution < 1.29 is 0 Å². The SMILES string of the molecule is CC.CC.Cc1ccc(-c2ccc(-n3c4c(c5ccccc53)C=C(c3ccccc3)NC4)cc2)cc1. The Kier molecular flexibility index (Phi) is 8.07. The van der Waals surface area contributed by atoms with E-state index in [2.05, 4.69) is 126 Å². The van der Waals surface area contributed by atoms with Crippen molar-refractivity contribution in [2.45, 2.75) is 41.2 Å². The molecular formula is C34H36N2. The highest BCUT2D eigenvalue weighted by molar-refractivity contribution is 5.98. The van der Waals surface area contributed by atoms with Crippen LogP contribution in [0.3, 0.4) is 0 Å². The molecular weight excluding hydrogens is 436 g/mol. The van der Waals surface area contributed by atoms with Gasteiger partial charge in [-0.05, 0) is 47.9 Å². The fourth-order valence-corrected chi connectivity index (χ4v) is 4.67. The maximum atomic E-state index is 3.65. The summed E-state index contributed by atoms with van der Waals surface area (Å²) in [7, 11) is 0. The summed E-state index contributed by atoms with van der Waals surface area (Å²) in [4.78, 5) is 0. The van der Waals surface area contributed by atoms with Crippen LogP contribution in [0, 0.1) is 6.92 Å². The van der Waals surface area contributed by atoms with Gasteiger partial charge in [0.15, 0.2) is 0 Å². The first-order chi connectivity index (χ1) is 17.8. The van der Waals surface area contributed by atoms with Gasteiger partial charge in [0.25, 0.3) is 0 Å². The molecule has 5 aromatic rings. The minimum absolute atomic E-state index is 0.796. The molecule has 6 rings (SSSR count). The molecule has 2 nitrogen and oxygen atoms in total. The zero-order chi connectivity index (χ0) is 25.5. The van der Waals surface area contributed by atoms with Gasteiger partial charge in [-0.25, -0.2) is 0 Å². The number of aromatic nitrogens is 1. The van der Waals surface area contributed by atoms with Crippen LogP contribution >= 0.6 is 0 Å². The Balaban J connectivity index is 0.000000726. The zero-order valence-corrected chi connectivity index (χ0v) is 22.0. The molecule has 1 aromatic heterocycles. The predicted molar refractivity (Wildman–Crippen MR) is 157 cm³/mol. The van der Waals surface area contributed by atoms with Crippen LogP contribution in [-0.2, 0) is 6.54 Å². The Morgan fingerprint density at radius 2 is 1.19 bits per heavy atom. The summed E-state index contributed by atoms with van der Waals surface area (Å²) in [5.74, 6) is 0. The molecule has 0 atom stereocenters. The first kappa shape index (κ1) is 25.1. The van der Waals surface area contributed by atoms with E-state index in [-0.39, 0.29) is 0 Å². The summed E-state index contributed by atoms with van der Waals surface area (Å²) in [5.41, 5.74) is 11.2. The molecule has 0 radical (unpaired) electrons. The summed E-state index contributed by atoms with van der Waals surface area (Å²) in [6.45, 7) is 10.9. The molecule has 0 amide bonds. The van der Waals surface area contributed by atoms with Crippen LogP contribution in [0.2, 0.25) is 0 Å². The number of fused-ring (bicyclic) bond motifs is 3. The summed E-state index contributed by atoms with van der Waals surface area (Å²) < 4.78 is 2.40. The van der Waals surface area contributed by atoms with Crippen molar-refractivity contribution in [3.8, 4) is 16.8 Å². The van der Waals surface area contributed by atoms with Crippen molar-refractivity contribution in [1.82, 2.24) is 9.88 Å². The predicted octanol–water partition coefficient (Wildman–Crippen LogP) is 9.26. The summed E-state index contributed by atoms with van der Waals surface area (Å²) >= 11 is 0. The lowest BCUT2D eigenvalue weighted by molar-refractivity contribution is 0.818. The molecule has 2 heterocycles. The van der Waals surface area contributed by atoms with Crippen LogP contribution in [0.25, 0.3) is 39.5 Å². The summed E-state index contributed by atoms with van der Waals surface area (Å²) in [5, 5.41) is 4.94. The van der Waals surface area contributed by atoms with Crippen molar-refractivity contribution in [2.75, 3.05) is 0 Å². The highest BCUT2D eigenvalue weighted by atomic mass is 15.0. The van der Waals surface area contributed by atoms with Crippen LogP contribution in [0.15, 0.2) is 103 Å². The van der Waals surface area contributed by atoms with Gasteiger partial charge in [0.1, 0.15) is 0 Å². The Morgan fingerprint density at radius 1 is 0.611 bits per heavy atom. The average molecular weight is 473 g/mol. The molecule has 0 saturated heterocycles. The maximum Gasteiger partial charge on any atom is 0.0563 e. The first-order valence-electron chi connectivity index (χ1n) is 13.1.